The lowest BCUT2D eigenvalue weighted by atomic mass is 10.2. The summed E-state index contributed by atoms with van der Waals surface area (Å²) in [5.41, 5.74) is 0.932. The molecule has 0 aliphatic rings. The number of ketones is 1. The number of rotatable bonds is 2. The second-order valence-electron chi connectivity index (χ2n) is 3.57. The normalized spacial score (nSPS) is 11.6. The Hall–Kier alpha value is -1.76. The lowest BCUT2D eigenvalue weighted by Gasteiger charge is -1.99. The molecule has 0 radical (unpaired) electrons. The van der Waals surface area contributed by atoms with Gasteiger partial charge in [0.2, 0.25) is 5.78 Å². The molecule has 0 unspecified atom stereocenters. The molecule has 0 saturated carbocycles. The van der Waals surface area contributed by atoms with Gasteiger partial charge in [0.25, 0.3) is 0 Å². The first-order valence-corrected chi connectivity index (χ1v) is 5.70. The van der Waals surface area contributed by atoms with Crippen LogP contribution in [0.5, 0.6) is 0 Å². The van der Waals surface area contributed by atoms with Crippen molar-refractivity contribution in [2.75, 3.05) is 0 Å². The second kappa shape index (κ2) is 4.49. The lowest BCUT2D eigenvalue weighted by Crippen LogP contribution is -2.03. The van der Waals surface area contributed by atoms with Crippen molar-refractivity contribution in [3.63, 3.8) is 0 Å². The first-order chi connectivity index (χ1) is 8.38. The van der Waals surface area contributed by atoms with E-state index < -0.39 is 17.0 Å². The van der Waals surface area contributed by atoms with Crippen LogP contribution in [0.1, 0.15) is 25.9 Å². The minimum Gasteiger partial charge on any atom is -0.286 e. The van der Waals surface area contributed by atoms with Gasteiger partial charge in [-0.3, -0.25) is 9.78 Å². The molecule has 7 heteroatoms. The summed E-state index contributed by atoms with van der Waals surface area (Å²) in [5.74, 6) is -0.549. The van der Waals surface area contributed by atoms with Crippen molar-refractivity contribution in [1.29, 1.82) is 0 Å². The largest absolute Gasteiger partial charge is 0.443 e. The minimum atomic E-state index is -4.52. The summed E-state index contributed by atoms with van der Waals surface area (Å²) in [5, 5.41) is -1.03. The van der Waals surface area contributed by atoms with Crippen LogP contribution in [0.4, 0.5) is 13.2 Å². The molecule has 0 aromatic carbocycles. The second-order valence-corrected chi connectivity index (χ2v) is 4.61. The van der Waals surface area contributed by atoms with E-state index in [1.54, 1.807) is 13.0 Å². The zero-order valence-corrected chi connectivity index (χ0v) is 9.97. The number of pyridine rings is 1. The van der Waals surface area contributed by atoms with Gasteiger partial charge in [-0.25, -0.2) is 4.98 Å². The summed E-state index contributed by atoms with van der Waals surface area (Å²) in [6, 6.07) is 3.22. The molecular formula is C11H7F3N2OS. The van der Waals surface area contributed by atoms with Crippen molar-refractivity contribution in [3.8, 4) is 0 Å². The van der Waals surface area contributed by atoms with Gasteiger partial charge in [-0.2, -0.15) is 13.2 Å². The number of aryl methyl sites for hydroxylation is 1. The molecule has 2 rings (SSSR count). The topological polar surface area (TPSA) is 42.9 Å². The number of hydrogen-bond donors (Lipinski definition) is 0. The number of halogens is 3. The number of alkyl halides is 3. The average Bonchev–Trinajstić information content (AvgIpc) is 2.77. The predicted molar refractivity (Wildman–Crippen MR) is 59.5 cm³/mol. The third kappa shape index (κ3) is 2.56. The Morgan fingerprint density at radius 2 is 2.06 bits per heavy atom. The zero-order valence-electron chi connectivity index (χ0n) is 9.15. The van der Waals surface area contributed by atoms with Gasteiger partial charge in [0, 0.05) is 12.4 Å². The van der Waals surface area contributed by atoms with Crippen molar-refractivity contribution in [2.45, 2.75) is 13.1 Å². The molecule has 3 nitrogen and oxygen atoms in total. The van der Waals surface area contributed by atoms with E-state index in [4.69, 9.17) is 0 Å². The molecule has 0 atom stereocenters. The van der Waals surface area contributed by atoms with Gasteiger partial charge in [-0.15, -0.1) is 11.3 Å². The van der Waals surface area contributed by atoms with Gasteiger partial charge in [-0.05, 0) is 24.6 Å². The fraction of sp³-hybridized carbons (Fsp3) is 0.182. The van der Waals surface area contributed by atoms with Crippen LogP contribution in [-0.2, 0) is 6.18 Å². The number of nitrogens with zero attached hydrogens (tertiary/aromatic N) is 2. The van der Waals surface area contributed by atoms with Crippen LogP contribution in [0, 0.1) is 6.92 Å². The molecule has 0 spiro atoms. The summed E-state index contributed by atoms with van der Waals surface area (Å²) < 4.78 is 37.1. The Morgan fingerprint density at radius 1 is 1.33 bits per heavy atom. The van der Waals surface area contributed by atoms with Crippen molar-refractivity contribution < 1.29 is 18.0 Å². The third-order valence-electron chi connectivity index (χ3n) is 2.12. The standard InChI is InChI=1S/C11H7F3N2OS/c1-6-2-3-15-7(4-6)9(17)8-5-16-10(18-8)11(12,13)14/h2-5H,1H3. The molecule has 18 heavy (non-hydrogen) atoms. The molecular weight excluding hydrogens is 265 g/mol. The van der Waals surface area contributed by atoms with Crippen LogP contribution in [0.15, 0.2) is 24.5 Å². The van der Waals surface area contributed by atoms with Crippen molar-refractivity contribution in [1.82, 2.24) is 9.97 Å². The highest BCUT2D eigenvalue weighted by molar-refractivity contribution is 7.13. The van der Waals surface area contributed by atoms with Crippen molar-refractivity contribution >= 4 is 17.1 Å². The van der Waals surface area contributed by atoms with Crippen LogP contribution in [0.3, 0.4) is 0 Å². The first kappa shape index (κ1) is 12.7. The van der Waals surface area contributed by atoms with Gasteiger partial charge in [-0.1, -0.05) is 0 Å². The van der Waals surface area contributed by atoms with E-state index in [0.29, 0.717) is 11.3 Å². The molecule has 2 heterocycles. The van der Waals surface area contributed by atoms with Gasteiger partial charge in [0.05, 0.1) is 4.88 Å². The average molecular weight is 272 g/mol. The van der Waals surface area contributed by atoms with Crippen LogP contribution in [-0.4, -0.2) is 15.8 Å². The summed E-state index contributed by atoms with van der Waals surface area (Å²) in [6.45, 7) is 1.77. The van der Waals surface area contributed by atoms with Crippen LogP contribution < -0.4 is 0 Å². The summed E-state index contributed by atoms with van der Waals surface area (Å²) in [6.07, 6.45) is -2.16. The SMILES string of the molecule is Cc1ccnc(C(=O)c2cnc(C(F)(F)F)s2)c1. The molecule has 2 aromatic heterocycles. The number of hydrogen-bond acceptors (Lipinski definition) is 4. The van der Waals surface area contributed by atoms with Crippen LogP contribution in [0.25, 0.3) is 0 Å². The third-order valence-corrected chi connectivity index (χ3v) is 3.16. The number of thiazole rings is 1. The van der Waals surface area contributed by atoms with E-state index in [0.717, 1.165) is 11.8 Å². The lowest BCUT2D eigenvalue weighted by molar-refractivity contribution is -0.137. The maximum atomic E-state index is 12.4. The molecule has 0 aliphatic carbocycles. The van der Waals surface area contributed by atoms with Gasteiger partial charge in [0.15, 0.2) is 5.01 Å². The minimum absolute atomic E-state index is 0.0691. The first-order valence-electron chi connectivity index (χ1n) is 4.88. The van der Waals surface area contributed by atoms with Gasteiger partial charge >= 0.3 is 6.18 Å². The molecule has 0 bridgehead atoms. The van der Waals surface area contributed by atoms with E-state index in [-0.39, 0.29) is 10.6 Å². The Morgan fingerprint density at radius 3 is 2.61 bits per heavy atom. The monoisotopic (exact) mass is 272 g/mol. The fourth-order valence-corrected chi connectivity index (χ4v) is 2.03. The zero-order chi connectivity index (χ0) is 13.3. The van der Waals surface area contributed by atoms with Crippen molar-refractivity contribution in [3.05, 3.63) is 45.7 Å². The smallest absolute Gasteiger partial charge is 0.286 e. The predicted octanol–water partition coefficient (Wildman–Crippen LogP) is 3.10. The molecule has 94 valence electrons. The Kier molecular flexibility index (Phi) is 3.16. The molecule has 0 N–H and O–H groups in total. The highest BCUT2D eigenvalue weighted by Gasteiger charge is 2.35. The Bertz CT molecular complexity index is 592. The Balaban J connectivity index is 2.33. The van der Waals surface area contributed by atoms with Gasteiger partial charge in [0.1, 0.15) is 5.69 Å². The Labute approximate surface area is 104 Å². The van der Waals surface area contributed by atoms with E-state index in [1.165, 1.54) is 12.3 Å². The van der Waals surface area contributed by atoms with Crippen molar-refractivity contribution in [2.24, 2.45) is 0 Å². The van der Waals surface area contributed by atoms with Gasteiger partial charge < -0.3 is 0 Å². The highest BCUT2D eigenvalue weighted by Crippen LogP contribution is 2.32. The quantitative estimate of drug-likeness (QED) is 0.789. The number of carbonyl (C=O) groups excluding carboxylic acids is 1. The maximum absolute atomic E-state index is 12.4. The molecule has 2 aromatic rings. The van der Waals surface area contributed by atoms with E-state index >= 15 is 0 Å². The fourth-order valence-electron chi connectivity index (χ4n) is 1.30. The maximum Gasteiger partial charge on any atom is 0.443 e. The van der Waals surface area contributed by atoms with Crippen LogP contribution >= 0.6 is 11.3 Å². The summed E-state index contributed by atoms with van der Waals surface area (Å²) in [4.78, 5) is 18.8. The summed E-state index contributed by atoms with van der Waals surface area (Å²) >= 11 is 0.323. The molecule has 0 amide bonds. The molecule has 0 saturated heterocycles. The number of carbonyl (C=O) groups is 1. The van der Waals surface area contributed by atoms with E-state index in [2.05, 4.69) is 9.97 Å². The molecule has 0 fully saturated rings. The van der Waals surface area contributed by atoms with E-state index in [1.807, 2.05) is 0 Å². The number of aromatic nitrogens is 2. The molecule has 0 aliphatic heterocycles. The van der Waals surface area contributed by atoms with Crippen LogP contribution in [0.2, 0.25) is 0 Å². The van der Waals surface area contributed by atoms with E-state index in [9.17, 15) is 18.0 Å². The highest BCUT2D eigenvalue weighted by atomic mass is 32.1. The summed E-state index contributed by atoms with van der Waals surface area (Å²) in [7, 11) is 0.